The third kappa shape index (κ3) is 11.5. The molecule has 0 amide bonds. The Kier molecular flexibility index (Phi) is 13.4. The van der Waals surface area contributed by atoms with Crippen LogP contribution in [0.25, 0.3) is 0 Å². The van der Waals surface area contributed by atoms with E-state index in [2.05, 4.69) is 4.74 Å². The highest BCUT2D eigenvalue weighted by molar-refractivity contribution is 8.13. The first-order valence-electron chi connectivity index (χ1n) is 7.93. The third-order valence-electron chi connectivity index (χ3n) is 3.35. The molecule has 2 unspecified atom stereocenters. The van der Waals surface area contributed by atoms with Crippen LogP contribution in [0.15, 0.2) is 0 Å². The smallest absolute Gasteiger partial charge is 0.308 e. The van der Waals surface area contributed by atoms with Crippen molar-refractivity contribution < 1.29 is 28.5 Å². The Hall–Kier alpha value is -0.630. The van der Waals surface area contributed by atoms with Gasteiger partial charge in [-0.25, -0.2) is 0 Å². The lowest BCUT2D eigenvalue weighted by molar-refractivity contribution is -0.145. The zero-order valence-corrected chi connectivity index (χ0v) is 15.6. The SMILES string of the molecule is CC1OCCO1.CCSC(=O)CC(CCC(C)C(=O)OC)OC. The molecular formula is C16H30O6S. The number of methoxy groups -OCH3 is 2. The highest BCUT2D eigenvalue weighted by Crippen LogP contribution is 2.16. The van der Waals surface area contributed by atoms with Gasteiger partial charge >= 0.3 is 5.97 Å². The lowest BCUT2D eigenvalue weighted by Crippen LogP contribution is -2.19. The van der Waals surface area contributed by atoms with Crippen molar-refractivity contribution in [2.75, 3.05) is 33.2 Å². The molecule has 2 atom stereocenters. The van der Waals surface area contributed by atoms with Crippen LogP contribution in [0.5, 0.6) is 0 Å². The minimum absolute atomic E-state index is 0.0463. The van der Waals surface area contributed by atoms with Crippen LogP contribution in [-0.4, -0.2) is 56.7 Å². The quantitative estimate of drug-likeness (QED) is 0.623. The average Bonchev–Trinajstić information content (AvgIpc) is 3.02. The maximum Gasteiger partial charge on any atom is 0.308 e. The van der Waals surface area contributed by atoms with E-state index in [1.54, 1.807) is 7.11 Å². The predicted molar refractivity (Wildman–Crippen MR) is 90.3 cm³/mol. The van der Waals surface area contributed by atoms with Gasteiger partial charge in [0.2, 0.25) is 0 Å². The van der Waals surface area contributed by atoms with Crippen LogP contribution in [0.4, 0.5) is 0 Å². The number of thioether (sulfide) groups is 1. The Morgan fingerprint density at radius 1 is 1.22 bits per heavy atom. The molecule has 1 rings (SSSR count). The van der Waals surface area contributed by atoms with Gasteiger partial charge in [0.15, 0.2) is 11.4 Å². The van der Waals surface area contributed by atoms with Gasteiger partial charge < -0.3 is 18.9 Å². The molecule has 1 fully saturated rings. The molecule has 1 saturated heterocycles. The van der Waals surface area contributed by atoms with Gasteiger partial charge in [0.05, 0.1) is 32.3 Å². The number of hydrogen-bond donors (Lipinski definition) is 0. The van der Waals surface area contributed by atoms with Gasteiger partial charge in [0.25, 0.3) is 0 Å². The normalized spacial score (nSPS) is 17.1. The topological polar surface area (TPSA) is 71.1 Å². The lowest BCUT2D eigenvalue weighted by atomic mass is 10.0. The molecular weight excluding hydrogens is 320 g/mol. The molecule has 6 nitrogen and oxygen atoms in total. The molecule has 136 valence electrons. The molecule has 23 heavy (non-hydrogen) atoms. The summed E-state index contributed by atoms with van der Waals surface area (Å²) in [6.07, 6.45) is 1.72. The van der Waals surface area contributed by atoms with E-state index in [-0.39, 0.29) is 29.4 Å². The van der Waals surface area contributed by atoms with Gasteiger partial charge in [0.1, 0.15) is 0 Å². The van der Waals surface area contributed by atoms with Gasteiger partial charge in [-0.2, -0.15) is 0 Å². The standard InChI is InChI=1S/C12H22O4S.C4H8O2/c1-5-17-11(13)8-10(15-3)7-6-9(2)12(14)16-4;1-4-5-2-3-6-4/h9-10H,5-8H2,1-4H3;4H,2-3H2,1H3. The van der Waals surface area contributed by atoms with Crippen LogP contribution in [0.2, 0.25) is 0 Å². The maximum absolute atomic E-state index is 11.4. The molecule has 0 aromatic carbocycles. The third-order valence-corrected chi connectivity index (χ3v) is 4.12. The molecule has 1 aliphatic heterocycles. The highest BCUT2D eigenvalue weighted by Gasteiger charge is 2.18. The van der Waals surface area contributed by atoms with Crippen LogP contribution < -0.4 is 0 Å². The maximum atomic E-state index is 11.4. The van der Waals surface area contributed by atoms with E-state index >= 15 is 0 Å². The zero-order chi connectivity index (χ0) is 17.7. The van der Waals surface area contributed by atoms with E-state index in [4.69, 9.17) is 14.2 Å². The van der Waals surface area contributed by atoms with Crippen molar-refractivity contribution >= 4 is 22.8 Å². The Bertz CT molecular complexity index is 331. The number of carbonyl (C=O) groups excluding carboxylic acids is 2. The predicted octanol–water partition coefficient (Wildman–Crippen LogP) is 2.64. The van der Waals surface area contributed by atoms with Gasteiger partial charge in [-0.15, -0.1) is 0 Å². The molecule has 0 N–H and O–H groups in total. The number of ether oxygens (including phenoxy) is 4. The molecule has 0 saturated carbocycles. The van der Waals surface area contributed by atoms with Gasteiger partial charge in [0, 0.05) is 13.5 Å². The molecule has 0 radical (unpaired) electrons. The minimum Gasteiger partial charge on any atom is -0.469 e. The number of rotatable bonds is 8. The number of esters is 1. The number of carbonyl (C=O) groups is 2. The Morgan fingerprint density at radius 3 is 2.22 bits per heavy atom. The summed E-state index contributed by atoms with van der Waals surface area (Å²) in [5, 5.41) is 0.144. The minimum atomic E-state index is -0.214. The van der Waals surface area contributed by atoms with Crippen molar-refractivity contribution in [1.29, 1.82) is 0 Å². The molecule has 7 heteroatoms. The molecule has 0 aliphatic carbocycles. The summed E-state index contributed by atoms with van der Waals surface area (Å²) < 4.78 is 19.8. The zero-order valence-electron chi connectivity index (χ0n) is 14.8. The van der Waals surface area contributed by atoms with Crippen LogP contribution in [0.3, 0.4) is 0 Å². The summed E-state index contributed by atoms with van der Waals surface area (Å²) in [5.74, 6) is 0.425. The first kappa shape index (κ1) is 22.4. The summed E-state index contributed by atoms with van der Waals surface area (Å²) in [6.45, 7) is 7.19. The van der Waals surface area contributed by atoms with Crippen molar-refractivity contribution in [3.8, 4) is 0 Å². The molecule has 1 heterocycles. The highest BCUT2D eigenvalue weighted by atomic mass is 32.2. The van der Waals surface area contributed by atoms with E-state index in [1.807, 2.05) is 20.8 Å². The Labute approximate surface area is 143 Å². The van der Waals surface area contributed by atoms with E-state index in [9.17, 15) is 9.59 Å². The van der Waals surface area contributed by atoms with Crippen molar-refractivity contribution in [3.05, 3.63) is 0 Å². The van der Waals surface area contributed by atoms with Crippen LogP contribution >= 0.6 is 11.8 Å². The second kappa shape index (κ2) is 13.8. The van der Waals surface area contributed by atoms with E-state index in [0.717, 1.165) is 19.0 Å². The monoisotopic (exact) mass is 350 g/mol. The molecule has 0 spiro atoms. The lowest BCUT2D eigenvalue weighted by Gasteiger charge is -2.16. The second-order valence-electron chi connectivity index (χ2n) is 5.18. The molecule has 0 aromatic rings. The Morgan fingerprint density at radius 2 is 1.83 bits per heavy atom. The van der Waals surface area contributed by atoms with E-state index in [1.165, 1.54) is 18.9 Å². The molecule has 1 aliphatic rings. The summed E-state index contributed by atoms with van der Waals surface area (Å²) in [5.41, 5.74) is 0. The van der Waals surface area contributed by atoms with Crippen molar-refractivity contribution in [2.24, 2.45) is 5.92 Å². The van der Waals surface area contributed by atoms with Gasteiger partial charge in [-0.05, 0) is 25.5 Å². The van der Waals surface area contributed by atoms with Gasteiger partial charge in [-0.3, -0.25) is 9.59 Å². The first-order valence-corrected chi connectivity index (χ1v) is 8.92. The summed E-state index contributed by atoms with van der Waals surface area (Å²) in [6, 6.07) is 0. The van der Waals surface area contributed by atoms with Crippen molar-refractivity contribution in [3.63, 3.8) is 0 Å². The van der Waals surface area contributed by atoms with Crippen LogP contribution in [0.1, 0.15) is 40.0 Å². The summed E-state index contributed by atoms with van der Waals surface area (Å²) >= 11 is 1.31. The van der Waals surface area contributed by atoms with E-state index < -0.39 is 0 Å². The first-order chi connectivity index (χ1) is 10.9. The largest absolute Gasteiger partial charge is 0.469 e. The summed E-state index contributed by atoms with van der Waals surface area (Å²) in [7, 11) is 2.98. The second-order valence-corrected chi connectivity index (χ2v) is 6.50. The fraction of sp³-hybridized carbons (Fsp3) is 0.875. The average molecular weight is 350 g/mol. The van der Waals surface area contributed by atoms with Crippen LogP contribution in [0, 0.1) is 5.92 Å². The van der Waals surface area contributed by atoms with Crippen molar-refractivity contribution in [2.45, 2.75) is 52.4 Å². The summed E-state index contributed by atoms with van der Waals surface area (Å²) in [4.78, 5) is 22.6. The van der Waals surface area contributed by atoms with Crippen LogP contribution in [-0.2, 0) is 28.5 Å². The van der Waals surface area contributed by atoms with Gasteiger partial charge in [-0.1, -0.05) is 25.6 Å². The van der Waals surface area contributed by atoms with E-state index in [0.29, 0.717) is 19.3 Å². The number of hydrogen-bond acceptors (Lipinski definition) is 7. The molecule has 0 bridgehead atoms. The fourth-order valence-corrected chi connectivity index (χ4v) is 2.57. The molecule has 0 aromatic heterocycles. The van der Waals surface area contributed by atoms with Crippen molar-refractivity contribution in [1.82, 2.24) is 0 Å². The fourth-order valence-electron chi connectivity index (χ4n) is 1.94. The Balaban J connectivity index is 0.000000664.